The average molecular weight is 420 g/mol. The Hall–Kier alpha value is -2.45. The van der Waals surface area contributed by atoms with Crippen LogP contribution in [-0.2, 0) is 24.7 Å². The fourth-order valence-corrected chi connectivity index (χ4v) is 5.39. The molecule has 9 heteroatoms. The molecular weight excluding hydrogens is 398 g/mol. The summed E-state index contributed by atoms with van der Waals surface area (Å²) in [5, 5.41) is 15.9. The van der Waals surface area contributed by atoms with Crippen molar-refractivity contribution in [2.75, 3.05) is 5.32 Å². The summed E-state index contributed by atoms with van der Waals surface area (Å²) in [6.45, 7) is 5.28. The highest BCUT2D eigenvalue weighted by molar-refractivity contribution is 6.35. The van der Waals surface area contributed by atoms with Crippen LogP contribution in [0.3, 0.4) is 0 Å². The number of halogens is 1. The third-order valence-electron chi connectivity index (χ3n) is 6.21. The molecule has 8 nitrogen and oxygen atoms in total. The van der Waals surface area contributed by atoms with Crippen LogP contribution in [0.25, 0.3) is 0 Å². The van der Waals surface area contributed by atoms with Crippen molar-refractivity contribution in [3.8, 4) is 0 Å². The van der Waals surface area contributed by atoms with Gasteiger partial charge in [0.25, 0.3) is 5.91 Å². The van der Waals surface area contributed by atoms with Gasteiger partial charge in [-0.3, -0.25) is 19.3 Å². The van der Waals surface area contributed by atoms with Crippen molar-refractivity contribution < 1.29 is 29.6 Å². The van der Waals surface area contributed by atoms with Crippen LogP contribution in [0.15, 0.2) is 18.2 Å². The van der Waals surface area contributed by atoms with E-state index in [1.807, 2.05) is 0 Å². The summed E-state index contributed by atoms with van der Waals surface area (Å²) in [5.74, 6) is -4.16. The number of nitrogens with zero attached hydrogens (tertiary/aromatic N) is 1. The van der Waals surface area contributed by atoms with Crippen molar-refractivity contribution in [3.63, 3.8) is 0 Å². The van der Waals surface area contributed by atoms with Crippen LogP contribution < -0.4 is 15.7 Å². The van der Waals surface area contributed by atoms with Crippen LogP contribution in [-0.4, -0.2) is 40.2 Å². The van der Waals surface area contributed by atoms with E-state index in [0.717, 1.165) is 0 Å². The standard InChI is InChI=1S/C20H22ClN3O5/c1-19(2,3)24-16(27)13-11(7-8-12(25)26)23-20(14(13)17(24)28)9-5-4-6-10(21)15(9)22-18(20)29/h4-6,11,13-14,23H,7-8H2,1-3H3,(H,22,29)(H,25,26)/t11-,13+,14-,20+/m0/s1. The number of hydrogen-bond acceptors (Lipinski definition) is 5. The lowest BCUT2D eigenvalue weighted by atomic mass is 9.76. The first-order valence-corrected chi connectivity index (χ1v) is 9.92. The van der Waals surface area contributed by atoms with Gasteiger partial charge in [-0.15, -0.1) is 0 Å². The van der Waals surface area contributed by atoms with E-state index in [9.17, 15) is 24.3 Å². The van der Waals surface area contributed by atoms with Crippen molar-refractivity contribution in [3.05, 3.63) is 28.8 Å². The molecule has 0 unspecified atom stereocenters. The predicted molar refractivity (Wildman–Crippen MR) is 100 cm³/mol. The average Bonchev–Trinajstić information content (AvgIpc) is 3.19. The number of anilines is 1. The minimum atomic E-state index is -1.35. The quantitative estimate of drug-likeness (QED) is 0.631. The number of hydrogen-bond donors (Lipinski definition) is 2. The number of nitrogens with one attached hydrogen (secondary N) is 1. The molecule has 0 bridgehead atoms. The number of aliphatic carboxylic acids is 1. The Kier molecular flexibility index (Phi) is 4.29. The van der Waals surface area contributed by atoms with Gasteiger partial charge in [0.05, 0.1) is 10.7 Å². The maximum Gasteiger partial charge on any atom is 0.291 e. The minimum absolute atomic E-state index is 0.116. The topological polar surface area (TPSA) is 123 Å². The first-order chi connectivity index (χ1) is 13.5. The number of carboxylic acid groups (broad SMARTS) is 1. The number of nitrogens with two attached hydrogens (primary N) is 1. The van der Waals surface area contributed by atoms with Crippen molar-refractivity contribution in [2.24, 2.45) is 11.8 Å². The molecule has 3 aliphatic rings. The zero-order valence-corrected chi connectivity index (χ0v) is 17.1. The van der Waals surface area contributed by atoms with Crippen LogP contribution in [0.5, 0.6) is 0 Å². The number of amides is 3. The van der Waals surface area contributed by atoms with Crippen LogP contribution in [0.1, 0.15) is 39.2 Å². The van der Waals surface area contributed by atoms with E-state index in [0.29, 0.717) is 16.3 Å². The van der Waals surface area contributed by atoms with Crippen molar-refractivity contribution >= 4 is 41.0 Å². The molecule has 3 aliphatic heterocycles. The number of carbonyl (C=O) groups is 4. The van der Waals surface area contributed by atoms with E-state index in [4.69, 9.17) is 11.6 Å². The number of para-hydroxylation sites is 1. The highest BCUT2D eigenvalue weighted by Crippen LogP contribution is 2.51. The van der Waals surface area contributed by atoms with E-state index in [1.54, 1.807) is 44.3 Å². The predicted octanol–water partition coefficient (Wildman–Crippen LogP) is -0.637. The molecule has 2 fully saturated rings. The van der Waals surface area contributed by atoms with Gasteiger partial charge in [-0.25, -0.2) is 0 Å². The van der Waals surface area contributed by atoms with Crippen molar-refractivity contribution in [1.29, 1.82) is 0 Å². The number of rotatable bonds is 3. The summed E-state index contributed by atoms with van der Waals surface area (Å²) in [6, 6.07) is 4.52. The molecular formula is C20H22ClN3O5. The molecule has 2 saturated heterocycles. The number of likely N-dealkylation sites (tertiary alicyclic amines) is 1. The molecule has 1 spiro atoms. The molecule has 4 rings (SSSR count). The summed E-state index contributed by atoms with van der Waals surface area (Å²) in [4.78, 5) is 52.3. The van der Waals surface area contributed by atoms with Crippen molar-refractivity contribution in [2.45, 2.75) is 50.7 Å². The number of fused-ring (bicyclic) bond motifs is 4. The van der Waals surface area contributed by atoms with E-state index >= 15 is 0 Å². The van der Waals surface area contributed by atoms with Crippen LogP contribution in [0, 0.1) is 11.8 Å². The monoisotopic (exact) mass is 419 g/mol. The molecule has 0 saturated carbocycles. The Morgan fingerprint density at radius 1 is 1.28 bits per heavy atom. The zero-order valence-electron chi connectivity index (χ0n) is 16.3. The zero-order chi connectivity index (χ0) is 21.3. The largest absolute Gasteiger partial charge is 0.550 e. The first-order valence-electron chi connectivity index (χ1n) is 9.54. The number of carbonyl (C=O) groups excluding carboxylic acids is 4. The van der Waals surface area contributed by atoms with Gasteiger partial charge in [0.1, 0.15) is 17.9 Å². The van der Waals surface area contributed by atoms with Gasteiger partial charge in [0.15, 0.2) is 0 Å². The number of imide groups is 1. The van der Waals surface area contributed by atoms with E-state index in [2.05, 4.69) is 5.32 Å². The Balaban J connectivity index is 1.88. The minimum Gasteiger partial charge on any atom is -0.550 e. The Labute approximate surface area is 172 Å². The maximum atomic E-state index is 13.5. The highest BCUT2D eigenvalue weighted by Gasteiger charge is 2.74. The van der Waals surface area contributed by atoms with E-state index in [1.165, 1.54) is 4.90 Å². The molecule has 154 valence electrons. The van der Waals surface area contributed by atoms with Gasteiger partial charge in [-0.1, -0.05) is 17.7 Å². The molecule has 3 N–H and O–H groups in total. The second-order valence-electron chi connectivity index (χ2n) is 8.91. The molecule has 0 aliphatic carbocycles. The first kappa shape index (κ1) is 19.8. The summed E-state index contributed by atoms with van der Waals surface area (Å²) in [5.41, 5.74) is -1.12. The lowest BCUT2D eigenvalue weighted by Crippen LogP contribution is -2.99. The van der Waals surface area contributed by atoms with Gasteiger partial charge >= 0.3 is 0 Å². The van der Waals surface area contributed by atoms with Gasteiger partial charge < -0.3 is 20.5 Å². The summed E-state index contributed by atoms with van der Waals surface area (Å²) < 4.78 is 0. The van der Waals surface area contributed by atoms with E-state index in [-0.39, 0.29) is 18.7 Å². The smallest absolute Gasteiger partial charge is 0.291 e. The Bertz CT molecular complexity index is 956. The molecule has 0 aromatic heterocycles. The molecule has 3 heterocycles. The second kappa shape index (κ2) is 6.27. The molecule has 29 heavy (non-hydrogen) atoms. The van der Waals surface area contributed by atoms with Crippen LogP contribution >= 0.6 is 11.6 Å². The summed E-state index contributed by atoms with van der Waals surface area (Å²) in [7, 11) is 0. The highest BCUT2D eigenvalue weighted by atomic mass is 35.5. The molecule has 3 amide bonds. The number of quaternary nitrogens is 1. The Morgan fingerprint density at radius 2 is 1.97 bits per heavy atom. The lowest BCUT2D eigenvalue weighted by Gasteiger charge is -2.33. The summed E-state index contributed by atoms with van der Waals surface area (Å²) in [6.07, 6.45) is -0.146. The fraction of sp³-hybridized carbons (Fsp3) is 0.500. The second-order valence-corrected chi connectivity index (χ2v) is 9.32. The lowest BCUT2D eigenvalue weighted by molar-refractivity contribution is -0.734. The third kappa shape index (κ3) is 2.62. The number of benzene rings is 1. The third-order valence-corrected chi connectivity index (χ3v) is 6.52. The molecule has 1 aromatic carbocycles. The Morgan fingerprint density at radius 3 is 2.59 bits per heavy atom. The molecule has 0 radical (unpaired) electrons. The number of carboxylic acids is 1. The molecule has 4 atom stereocenters. The van der Waals surface area contributed by atoms with E-state index < -0.39 is 46.7 Å². The van der Waals surface area contributed by atoms with Gasteiger partial charge in [0.2, 0.25) is 17.4 Å². The normalized spacial score (nSPS) is 30.7. The molecule has 1 aromatic rings. The SMILES string of the molecule is CC(C)(C)N1C(=O)[C@@H]2[C@H](CCC(=O)[O-])[NH2+][C@@]3(C(=O)Nc4c(Cl)cccc43)[C@@H]2C1=O. The fourth-order valence-electron chi connectivity index (χ4n) is 5.16. The van der Waals surface area contributed by atoms with Gasteiger partial charge in [-0.05, 0) is 39.3 Å². The van der Waals surface area contributed by atoms with Crippen LogP contribution in [0.4, 0.5) is 5.69 Å². The summed E-state index contributed by atoms with van der Waals surface area (Å²) >= 11 is 6.27. The van der Waals surface area contributed by atoms with Gasteiger partial charge in [0, 0.05) is 23.5 Å². The van der Waals surface area contributed by atoms with Gasteiger partial charge in [-0.2, -0.15) is 0 Å². The van der Waals surface area contributed by atoms with Crippen molar-refractivity contribution in [1.82, 2.24) is 4.90 Å². The van der Waals surface area contributed by atoms with Crippen LogP contribution in [0.2, 0.25) is 5.02 Å². The maximum absolute atomic E-state index is 13.5.